The van der Waals surface area contributed by atoms with Crippen molar-refractivity contribution < 1.29 is 9.53 Å². The molecule has 4 nitrogen and oxygen atoms in total. The zero-order chi connectivity index (χ0) is 10.0. The van der Waals surface area contributed by atoms with Gasteiger partial charge in [0.25, 0.3) is 0 Å². The standard InChI is InChI=1S/C7H8BrIN2O2/c1-3-13-7(12)5-4(8)6(9)11(2)10-5/h3H2,1-2H3. The molecule has 0 unspecified atom stereocenters. The molecule has 0 aliphatic rings. The Morgan fingerprint density at radius 1 is 1.77 bits per heavy atom. The highest BCUT2D eigenvalue weighted by Crippen LogP contribution is 2.22. The number of carbonyl (C=O) groups excluding carboxylic acids is 1. The van der Waals surface area contributed by atoms with Gasteiger partial charge in [-0.1, -0.05) is 0 Å². The van der Waals surface area contributed by atoms with Gasteiger partial charge in [-0.3, -0.25) is 4.68 Å². The normalized spacial score (nSPS) is 10.2. The maximum atomic E-state index is 11.3. The molecule has 6 heteroatoms. The summed E-state index contributed by atoms with van der Waals surface area (Å²) in [6.07, 6.45) is 0. The molecule has 1 aromatic heterocycles. The van der Waals surface area contributed by atoms with E-state index >= 15 is 0 Å². The van der Waals surface area contributed by atoms with Crippen LogP contribution in [0.25, 0.3) is 0 Å². The van der Waals surface area contributed by atoms with Gasteiger partial charge in [0.2, 0.25) is 0 Å². The number of rotatable bonds is 2. The Hall–Kier alpha value is -0.110. The molecule has 0 fully saturated rings. The number of hydrogen-bond donors (Lipinski definition) is 0. The maximum Gasteiger partial charge on any atom is 0.360 e. The monoisotopic (exact) mass is 358 g/mol. The van der Waals surface area contributed by atoms with Crippen LogP contribution in [-0.2, 0) is 11.8 Å². The number of aromatic nitrogens is 2. The molecule has 1 aromatic rings. The van der Waals surface area contributed by atoms with Crippen molar-refractivity contribution in [3.8, 4) is 0 Å². The SMILES string of the molecule is CCOC(=O)c1nn(C)c(I)c1Br. The first-order valence-electron chi connectivity index (χ1n) is 3.63. The molecule has 0 amide bonds. The van der Waals surface area contributed by atoms with Crippen LogP contribution in [0.2, 0.25) is 0 Å². The average molecular weight is 359 g/mol. The van der Waals surface area contributed by atoms with Crippen LogP contribution in [0.5, 0.6) is 0 Å². The third kappa shape index (κ3) is 2.22. The van der Waals surface area contributed by atoms with Gasteiger partial charge >= 0.3 is 5.97 Å². The largest absolute Gasteiger partial charge is 0.461 e. The topological polar surface area (TPSA) is 44.1 Å². The fourth-order valence-electron chi connectivity index (χ4n) is 0.807. The number of aryl methyl sites for hydroxylation is 1. The molecule has 1 heterocycles. The van der Waals surface area contributed by atoms with Crippen molar-refractivity contribution in [1.82, 2.24) is 9.78 Å². The number of ether oxygens (including phenoxy) is 1. The highest BCUT2D eigenvalue weighted by Gasteiger charge is 2.19. The molecule has 1 rings (SSSR count). The minimum absolute atomic E-state index is 0.328. The molecular formula is C7H8BrIN2O2. The van der Waals surface area contributed by atoms with Crippen LogP contribution >= 0.6 is 38.5 Å². The van der Waals surface area contributed by atoms with E-state index < -0.39 is 5.97 Å². The van der Waals surface area contributed by atoms with Gasteiger partial charge in [0.1, 0.15) is 3.70 Å². The lowest BCUT2D eigenvalue weighted by Gasteiger charge is -1.96. The van der Waals surface area contributed by atoms with E-state index in [1.165, 1.54) is 0 Å². The van der Waals surface area contributed by atoms with Crippen molar-refractivity contribution in [2.45, 2.75) is 6.92 Å². The Morgan fingerprint density at radius 3 is 2.77 bits per heavy atom. The molecular weight excluding hydrogens is 351 g/mol. The van der Waals surface area contributed by atoms with Crippen molar-refractivity contribution in [2.24, 2.45) is 7.05 Å². The molecule has 0 atom stereocenters. The van der Waals surface area contributed by atoms with Crippen LogP contribution in [-0.4, -0.2) is 22.4 Å². The third-order valence-electron chi connectivity index (χ3n) is 1.39. The second-order valence-electron chi connectivity index (χ2n) is 2.30. The number of halogens is 2. The summed E-state index contributed by atoms with van der Waals surface area (Å²) in [6, 6.07) is 0. The summed E-state index contributed by atoms with van der Waals surface area (Å²) in [7, 11) is 1.77. The second kappa shape index (κ2) is 4.41. The number of carbonyl (C=O) groups is 1. The van der Waals surface area contributed by atoms with E-state index in [1.807, 2.05) is 0 Å². The molecule has 72 valence electrons. The summed E-state index contributed by atoms with van der Waals surface area (Å²) in [5.74, 6) is -0.395. The Labute approximate surface area is 97.9 Å². The fraction of sp³-hybridized carbons (Fsp3) is 0.429. The van der Waals surface area contributed by atoms with E-state index in [4.69, 9.17) is 4.74 Å². The smallest absolute Gasteiger partial charge is 0.360 e. The van der Waals surface area contributed by atoms with E-state index in [0.29, 0.717) is 16.8 Å². The summed E-state index contributed by atoms with van der Waals surface area (Å²) < 4.78 is 8.02. The van der Waals surface area contributed by atoms with Crippen molar-refractivity contribution in [1.29, 1.82) is 0 Å². The first-order chi connectivity index (χ1) is 6.07. The third-order valence-corrected chi connectivity index (χ3v) is 4.12. The predicted octanol–water partition coefficient (Wildman–Crippen LogP) is 1.96. The Kier molecular flexibility index (Phi) is 3.72. The molecule has 0 aliphatic carbocycles. The summed E-state index contributed by atoms with van der Waals surface area (Å²) in [5, 5.41) is 4.02. The van der Waals surface area contributed by atoms with Crippen LogP contribution in [0, 0.1) is 3.70 Å². The molecule has 13 heavy (non-hydrogen) atoms. The second-order valence-corrected chi connectivity index (χ2v) is 4.11. The van der Waals surface area contributed by atoms with Gasteiger partial charge in [-0.2, -0.15) is 5.10 Å². The molecule has 0 spiro atoms. The van der Waals surface area contributed by atoms with Gasteiger partial charge in [0, 0.05) is 7.05 Å². The van der Waals surface area contributed by atoms with Crippen molar-refractivity contribution >= 4 is 44.5 Å². The molecule has 0 bridgehead atoms. The number of nitrogens with zero attached hydrogens (tertiary/aromatic N) is 2. The Morgan fingerprint density at radius 2 is 2.38 bits per heavy atom. The van der Waals surface area contributed by atoms with E-state index in [0.717, 1.165) is 3.70 Å². The van der Waals surface area contributed by atoms with E-state index in [2.05, 4.69) is 43.6 Å². The van der Waals surface area contributed by atoms with Crippen molar-refractivity contribution in [3.05, 3.63) is 13.9 Å². The van der Waals surface area contributed by atoms with E-state index in [9.17, 15) is 4.79 Å². The fourth-order valence-corrected chi connectivity index (χ4v) is 1.67. The summed E-state index contributed by atoms with van der Waals surface area (Å²) in [4.78, 5) is 11.3. The summed E-state index contributed by atoms with van der Waals surface area (Å²) in [5.41, 5.74) is 0.328. The van der Waals surface area contributed by atoms with Gasteiger partial charge in [-0.15, -0.1) is 0 Å². The zero-order valence-electron chi connectivity index (χ0n) is 7.17. The first-order valence-corrected chi connectivity index (χ1v) is 5.50. The highest BCUT2D eigenvalue weighted by atomic mass is 127. The molecule has 0 saturated heterocycles. The molecule has 0 saturated carbocycles. The molecule has 0 N–H and O–H groups in total. The lowest BCUT2D eigenvalue weighted by Crippen LogP contribution is -2.06. The maximum absolute atomic E-state index is 11.3. The minimum Gasteiger partial charge on any atom is -0.461 e. The lowest BCUT2D eigenvalue weighted by molar-refractivity contribution is 0.0517. The van der Waals surface area contributed by atoms with Crippen molar-refractivity contribution in [2.75, 3.05) is 6.61 Å². The van der Waals surface area contributed by atoms with Crippen LogP contribution in [0.15, 0.2) is 4.47 Å². The molecule has 0 aliphatic heterocycles. The minimum atomic E-state index is -0.395. The Bertz CT molecular complexity index is 337. The van der Waals surface area contributed by atoms with Gasteiger partial charge in [0.15, 0.2) is 5.69 Å². The quantitative estimate of drug-likeness (QED) is 0.599. The predicted molar refractivity (Wildman–Crippen MR) is 59.6 cm³/mol. The zero-order valence-corrected chi connectivity index (χ0v) is 10.9. The number of esters is 1. The van der Waals surface area contributed by atoms with Crippen molar-refractivity contribution in [3.63, 3.8) is 0 Å². The Balaban J connectivity index is 3.01. The summed E-state index contributed by atoms with van der Waals surface area (Å²) in [6.45, 7) is 2.12. The van der Waals surface area contributed by atoms with Crippen LogP contribution in [0.3, 0.4) is 0 Å². The van der Waals surface area contributed by atoms with Gasteiger partial charge in [-0.25, -0.2) is 4.79 Å². The molecule has 0 radical (unpaired) electrons. The van der Waals surface area contributed by atoms with Crippen LogP contribution < -0.4 is 0 Å². The van der Waals surface area contributed by atoms with E-state index in [1.54, 1.807) is 18.7 Å². The van der Waals surface area contributed by atoms with Crippen LogP contribution in [0.1, 0.15) is 17.4 Å². The van der Waals surface area contributed by atoms with Gasteiger partial charge in [0.05, 0.1) is 11.1 Å². The average Bonchev–Trinajstić information content (AvgIpc) is 2.33. The number of hydrogen-bond acceptors (Lipinski definition) is 3. The molecule has 0 aromatic carbocycles. The van der Waals surface area contributed by atoms with Gasteiger partial charge in [-0.05, 0) is 45.4 Å². The van der Waals surface area contributed by atoms with Gasteiger partial charge < -0.3 is 4.74 Å². The van der Waals surface area contributed by atoms with Crippen LogP contribution in [0.4, 0.5) is 0 Å². The summed E-state index contributed by atoms with van der Waals surface area (Å²) >= 11 is 5.38. The van der Waals surface area contributed by atoms with E-state index in [-0.39, 0.29) is 0 Å². The lowest BCUT2D eigenvalue weighted by atomic mass is 10.4. The highest BCUT2D eigenvalue weighted by molar-refractivity contribution is 14.1. The first kappa shape index (κ1) is 11.0.